The number of nitrogens with zero attached hydrogens (tertiary/aromatic N) is 1. The maximum atomic E-state index is 12.8. The van der Waals surface area contributed by atoms with Crippen molar-refractivity contribution in [3.63, 3.8) is 0 Å². The average molecular weight is 389 g/mol. The number of halogens is 1. The molecule has 0 saturated carbocycles. The van der Waals surface area contributed by atoms with Crippen molar-refractivity contribution in [1.29, 1.82) is 0 Å². The molecule has 1 amide bonds. The molecule has 26 heavy (non-hydrogen) atoms. The van der Waals surface area contributed by atoms with Crippen LogP contribution in [0.25, 0.3) is 10.1 Å². The van der Waals surface area contributed by atoms with E-state index in [1.165, 1.54) is 30.6 Å². The van der Waals surface area contributed by atoms with Crippen molar-refractivity contribution >= 4 is 38.9 Å². The van der Waals surface area contributed by atoms with Gasteiger partial charge < -0.3 is 9.73 Å². The van der Waals surface area contributed by atoms with E-state index in [9.17, 15) is 4.79 Å². The molecule has 4 nitrogen and oxygen atoms in total. The highest BCUT2D eigenvalue weighted by atomic mass is 35.5. The molecule has 6 heteroatoms. The molecular formula is C20H21ClN2O2S. The zero-order valence-electron chi connectivity index (χ0n) is 14.4. The van der Waals surface area contributed by atoms with Crippen molar-refractivity contribution in [2.24, 2.45) is 0 Å². The Morgan fingerprint density at radius 1 is 1.19 bits per heavy atom. The zero-order chi connectivity index (χ0) is 17.9. The summed E-state index contributed by atoms with van der Waals surface area (Å²) < 4.78 is 6.67. The first-order valence-electron chi connectivity index (χ1n) is 8.97. The van der Waals surface area contributed by atoms with Gasteiger partial charge in [0, 0.05) is 16.6 Å². The molecule has 1 fully saturated rings. The summed E-state index contributed by atoms with van der Waals surface area (Å²) in [5, 5.41) is 4.54. The number of benzene rings is 1. The summed E-state index contributed by atoms with van der Waals surface area (Å²) in [7, 11) is 0. The smallest absolute Gasteiger partial charge is 0.263 e. The molecule has 0 bridgehead atoms. The van der Waals surface area contributed by atoms with Gasteiger partial charge in [-0.25, -0.2) is 0 Å². The number of fused-ring (bicyclic) bond motifs is 1. The first kappa shape index (κ1) is 17.6. The molecular weight excluding hydrogens is 368 g/mol. The summed E-state index contributed by atoms with van der Waals surface area (Å²) in [6.07, 6.45) is 5.34. The van der Waals surface area contributed by atoms with Crippen LogP contribution in [0.3, 0.4) is 0 Å². The molecule has 3 aromatic rings. The maximum Gasteiger partial charge on any atom is 0.263 e. The molecule has 3 heterocycles. The Bertz CT molecular complexity index is 884. The van der Waals surface area contributed by atoms with Crippen LogP contribution in [-0.4, -0.2) is 30.4 Å². The van der Waals surface area contributed by atoms with Crippen molar-refractivity contribution < 1.29 is 9.21 Å². The van der Waals surface area contributed by atoms with Gasteiger partial charge in [-0.1, -0.05) is 36.2 Å². The second kappa shape index (κ2) is 7.82. The van der Waals surface area contributed by atoms with E-state index in [1.807, 2.05) is 36.4 Å². The number of thiophene rings is 1. The largest absolute Gasteiger partial charge is 0.468 e. The highest BCUT2D eigenvalue weighted by Gasteiger charge is 2.26. The number of furan rings is 1. The molecule has 1 aliphatic heterocycles. The lowest BCUT2D eigenvalue weighted by molar-refractivity contribution is 0.0918. The molecule has 1 atom stereocenters. The predicted molar refractivity (Wildman–Crippen MR) is 106 cm³/mol. The van der Waals surface area contributed by atoms with Crippen LogP contribution in [0.2, 0.25) is 5.02 Å². The lowest BCUT2D eigenvalue weighted by atomic mass is 10.1. The maximum absolute atomic E-state index is 12.8. The van der Waals surface area contributed by atoms with E-state index in [0.717, 1.165) is 28.9 Å². The van der Waals surface area contributed by atoms with Crippen LogP contribution in [0.15, 0.2) is 47.1 Å². The van der Waals surface area contributed by atoms with Gasteiger partial charge >= 0.3 is 0 Å². The number of carbonyl (C=O) groups is 1. The second-order valence-electron chi connectivity index (χ2n) is 6.58. The zero-order valence-corrected chi connectivity index (χ0v) is 16.0. The Morgan fingerprint density at radius 2 is 2.00 bits per heavy atom. The molecule has 2 aromatic heterocycles. The first-order chi connectivity index (χ1) is 12.7. The molecule has 0 spiro atoms. The fourth-order valence-electron chi connectivity index (χ4n) is 3.55. The van der Waals surface area contributed by atoms with Gasteiger partial charge in [-0.05, 0) is 44.1 Å². The summed E-state index contributed by atoms with van der Waals surface area (Å²) in [6.45, 7) is 2.58. The van der Waals surface area contributed by atoms with E-state index in [4.69, 9.17) is 16.0 Å². The van der Waals surface area contributed by atoms with E-state index in [-0.39, 0.29) is 11.9 Å². The third kappa shape index (κ3) is 3.52. The van der Waals surface area contributed by atoms with Crippen molar-refractivity contribution in [2.45, 2.75) is 25.3 Å². The van der Waals surface area contributed by atoms with Gasteiger partial charge in [-0.15, -0.1) is 11.3 Å². The van der Waals surface area contributed by atoms with Gasteiger partial charge in [-0.3, -0.25) is 9.69 Å². The number of nitrogens with one attached hydrogen (secondary N) is 1. The number of hydrogen-bond donors (Lipinski definition) is 1. The van der Waals surface area contributed by atoms with Gasteiger partial charge in [0.1, 0.15) is 10.6 Å². The number of likely N-dealkylation sites (tertiary alicyclic amines) is 1. The predicted octanol–water partition coefficient (Wildman–Crippen LogP) is 5.10. The van der Waals surface area contributed by atoms with Crippen LogP contribution >= 0.6 is 22.9 Å². The molecule has 1 N–H and O–H groups in total. The van der Waals surface area contributed by atoms with Gasteiger partial charge in [0.05, 0.1) is 17.3 Å². The monoisotopic (exact) mass is 388 g/mol. The topological polar surface area (TPSA) is 45.5 Å². The van der Waals surface area contributed by atoms with E-state index in [0.29, 0.717) is 16.4 Å². The van der Waals surface area contributed by atoms with E-state index in [2.05, 4.69) is 10.2 Å². The minimum absolute atomic E-state index is 0.0578. The lowest BCUT2D eigenvalue weighted by Crippen LogP contribution is -2.40. The summed E-state index contributed by atoms with van der Waals surface area (Å²) in [5.41, 5.74) is 0. The van der Waals surface area contributed by atoms with Crippen molar-refractivity contribution in [1.82, 2.24) is 10.2 Å². The number of amides is 1. The summed E-state index contributed by atoms with van der Waals surface area (Å²) >= 11 is 7.87. The Labute approximate surface area is 161 Å². The number of rotatable bonds is 5. The number of piperidine rings is 1. The normalized spacial score (nSPS) is 16.7. The van der Waals surface area contributed by atoms with Crippen molar-refractivity contribution in [2.75, 3.05) is 19.6 Å². The van der Waals surface area contributed by atoms with Gasteiger partial charge in [0.15, 0.2) is 0 Å². The van der Waals surface area contributed by atoms with Gasteiger partial charge in [0.25, 0.3) is 5.91 Å². The van der Waals surface area contributed by atoms with Crippen LogP contribution in [0, 0.1) is 0 Å². The molecule has 136 valence electrons. The summed E-state index contributed by atoms with van der Waals surface area (Å²) in [6, 6.07) is 11.8. The minimum atomic E-state index is -0.121. The van der Waals surface area contributed by atoms with Gasteiger partial charge in [-0.2, -0.15) is 0 Å². The van der Waals surface area contributed by atoms with Crippen LogP contribution in [0.4, 0.5) is 0 Å². The van der Waals surface area contributed by atoms with E-state index in [1.54, 1.807) is 6.26 Å². The molecule has 1 saturated heterocycles. The molecule has 1 aliphatic rings. The highest BCUT2D eigenvalue weighted by molar-refractivity contribution is 7.21. The molecule has 0 radical (unpaired) electrons. The third-order valence-electron chi connectivity index (χ3n) is 4.90. The highest BCUT2D eigenvalue weighted by Crippen LogP contribution is 2.35. The third-order valence-corrected chi connectivity index (χ3v) is 6.57. The summed E-state index contributed by atoms with van der Waals surface area (Å²) in [5.74, 6) is 0.777. The second-order valence-corrected chi connectivity index (χ2v) is 8.01. The Kier molecular flexibility index (Phi) is 5.29. The van der Waals surface area contributed by atoms with Crippen molar-refractivity contribution in [3.05, 3.63) is 58.3 Å². The van der Waals surface area contributed by atoms with Crippen LogP contribution < -0.4 is 5.32 Å². The Balaban J connectivity index is 1.51. The molecule has 4 rings (SSSR count). The Hall–Kier alpha value is -1.82. The number of carbonyl (C=O) groups excluding carboxylic acids is 1. The Morgan fingerprint density at radius 3 is 2.73 bits per heavy atom. The summed E-state index contributed by atoms with van der Waals surface area (Å²) in [4.78, 5) is 15.7. The lowest BCUT2D eigenvalue weighted by Gasteiger charge is -2.33. The fourth-order valence-corrected chi connectivity index (χ4v) is 4.98. The van der Waals surface area contributed by atoms with Crippen LogP contribution in [0.1, 0.15) is 40.7 Å². The van der Waals surface area contributed by atoms with Crippen LogP contribution in [0.5, 0.6) is 0 Å². The molecule has 1 aromatic carbocycles. The standard InChI is InChI=1S/C20H21ClN2O2S/c21-18-14-7-2-3-9-17(14)26-19(18)20(24)22-13-15(16-8-6-12-25-16)23-10-4-1-5-11-23/h2-3,6-9,12,15H,1,4-5,10-11,13H2,(H,22,24). The number of hydrogen-bond acceptors (Lipinski definition) is 4. The van der Waals surface area contributed by atoms with E-state index >= 15 is 0 Å². The van der Waals surface area contributed by atoms with Crippen molar-refractivity contribution in [3.8, 4) is 0 Å². The first-order valence-corrected chi connectivity index (χ1v) is 10.2. The van der Waals surface area contributed by atoms with E-state index < -0.39 is 0 Å². The molecule has 0 aliphatic carbocycles. The van der Waals surface area contributed by atoms with Gasteiger partial charge in [0.2, 0.25) is 0 Å². The van der Waals surface area contributed by atoms with Crippen LogP contribution in [-0.2, 0) is 0 Å². The average Bonchev–Trinajstić information content (AvgIpc) is 3.32. The fraction of sp³-hybridized carbons (Fsp3) is 0.350. The molecule has 1 unspecified atom stereocenters. The minimum Gasteiger partial charge on any atom is -0.468 e. The quantitative estimate of drug-likeness (QED) is 0.661. The SMILES string of the molecule is O=C(NCC(c1ccco1)N1CCCCC1)c1sc2ccccc2c1Cl.